The van der Waals surface area contributed by atoms with Gasteiger partial charge in [-0.2, -0.15) is 4.98 Å². The largest absolute Gasteiger partial charge is 0.481 e. The van der Waals surface area contributed by atoms with Crippen LogP contribution in [0.5, 0.6) is 5.75 Å². The Kier molecular flexibility index (Phi) is 3.82. The summed E-state index contributed by atoms with van der Waals surface area (Å²) in [6.45, 7) is 1.69. The highest BCUT2D eigenvalue weighted by molar-refractivity contribution is 5.24. The third-order valence-corrected chi connectivity index (χ3v) is 3.93. The van der Waals surface area contributed by atoms with Gasteiger partial charge in [-0.3, -0.25) is 0 Å². The molecule has 0 amide bonds. The minimum atomic E-state index is -0.970. The summed E-state index contributed by atoms with van der Waals surface area (Å²) in [5.74, 6) is -0.971. The average molecular weight is 309 g/mol. The highest BCUT2D eigenvalue weighted by Gasteiger charge is 2.36. The van der Waals surface area contributed by atoms with Gasteiger partial charge in [0, 0.05) is 6.07 Å². The van der Waals surface area contributed by atoms with Crippen molar-refractivity contribution in [3.05, 3.63) is 41.5 Å². The molecule has 2 aromatic rings. The zero-order valence-electron chi connectivity index (χ0n) is 12.2. The van der Waals surface area contributed by atoms with Crippen molar-refractivity contribution in [3.8, 4) is 5.75 Å². The number of nitrogens with zero attached hydrogens (tertiary/aromatic N) is 2. The van der Waals surface area contributed by atoms with Crippen LogP contribution in [0.15, 0.2) is 22.7 Å². The standard InChI is InChI=1S/C15H17F2N3O2/c1-9(21-10-4-5-11(16)12(17)8-10)13-19-14(20-22-13)15(18)6-2-3-7-15/h4-5,8-9H,2-3,6-7,18H2,1H3. The number of hydrogen-bond donors (Lipinski definition) is 1. The van der Waals surface area contributed by atoms with Gasteiger partial charge in [0.1, 0.15) is 5.75 Å². The predicted molar refractivity (Wildman–Crippen MR) is 74.0 cm³/mol. The second kappa shape index (κ2) is 5.64. The second-order valence-corrected chi connectivity index (χ2v) is 5.66. The van der Waals surface area contributed by atoms with Crippen molar-refractivity contribution >= 4 is 0 Å². The van der Waals surface area contributed by atoms with Crippen LogP contribution in [0.25, 0.3) is 0 Å². The molecule has 0 spiro atoms. The van der Waals surface area contributed by atoms with Crippen molar-refractivity contribution in [1.29, 1.82) is 0 Å². The maximum atomic E-state index is 13.2. The Labute approximate surface area is 126 Å². The molecule has 5 nitrogen and oxygen atoms in total. The number of nitrogens with two attached hydrogens (primary N) is 1. The van der Waals surface area contributed by atoms with E-state index in [1.165, 1.54) is 6.07 Å². The van der Waals surface area contributed by atoms with Crippen LogP contribution in [-0.4, -0.2) is 10.1 Å². The molecular weight excluding hydrogens is 292 g/mol. The third kappa shape index (κ3) is 2.81. The van der Waals surface area contributed by atoms with E-state index in [0.717, 1.165) is 37.8 Å². The maximum absolute atomic E-state index is 13.2. The SMILES string of the molecule is CC(Oc1ccc(F)c(F)c1)c1nc(C2(N)CCCC2)no1. The number of aromatic nitrogens is 2. The molecule has 0 aliphatic heterocycles. The van der Waals surface area contributed by atoms with Crippen LogP contribution in [0.4, 0.5) is 8.78 Å². The molecule has 1 atom stereocenters. The number of ether oxygens (including phenoxy) is 1. The van der Waals surface area contributed by atoms with Crippen LogP contribution in [0.1, 0.15) is 50.4 Å². The lowest BCUT2D eigenvalue weighted by Gasteiger charge is -2.17. The number of rotatable bonds is 4. The molecule has 1 fully saturated rings. The van der Waals surface area contributed by atoms with E-state index in [1.807, 2.05) is 0 Å². The van der Waals surface area contributed by atoms with Crippen molar-refractivity contribution in [2.45, 2.75) is 44.2 Å². The molecule has 1 aliphatic rings. The molecule has 7 heteroatoms. The molecule has 2 N–H and O–H groups in total. The Balaban J connectivity index is 1.73. The molecule has 0 saturated heterocycles. The van der Waals surface area contributed by atoms with E-state index in [1.54, 1.807) is 6.92 Å². The van der Waals surface area contributed by atoms with E-state index < -0.39 is 23.3 Å². The summed E-state index contributed by atoms with van der Waals surface area (Å²) in [6, 6.07) is 3.32. The summed E-state index contributed by atoms with van der Waals surface area (Å²) in [5.41, 5.74) is 5.73. The first-order valence-corrected chi connectivity index (χ1v) is 7.23. The molecule has 3 rings (SSSR count). The van der Waals surface area contributed by atoms with Crippen LogP contribution in [0, 0.1) is 11.6 Å². The Morgan fingerprint density at radius 3 is 2.68 bits per heavy atom. The fourth-order valence-electron chi connectivity index (χ4n) is 2.64. The normalized spacial score (nSPS) is 18.4. The predicted octanol–water partition coefficient (Wildman–Crippen LogP) is 3.22. The van der Waals surface area contributed by atoms with Gasteiger partial charge in [0.05, 0.1) is 5.54 Å². The minimum absolute atomic E-state index is 0.189. The van der Waals surface area contributed by atoms with Crippen molar-refractivity contribution < 1.29 is 18.0 Å². The Bertz CT molecular complexity index is 669. The summed E-state index contributed by atoms with van der Waals surface area (Å²) in [5, 5.41) is 3.94. The fourth-order valence-corrected chi connectivity index (χ4v) is 2.64. The molecule has 0 radical (unpaired) electrons. The Hall–Kier alpha value is -2.02. The van der Waals surface area contributed by atoms with E-state index in [0.29, 0.717) is 5.82 Å². The van der Waals surface area contributed by atoms with Crippen molar-refractivity contribution in [3.63, 3.8) is 0 Å². The van der Waals surface area contributed by atoms with Crippen LogP contribution in [0.3, 0.4) is 0 Å². The number of hydrogen-bond acceptors (Lipinski definition) is 5. The molecule has 1 unspecified atom stereocenters. The van der Waals surface area contributed by atoms with Crippen molar-refractivity contribution in [1.82, 2.24) is 10.1 Å². The molecule has 1 saturated carbocycles. The van der Waals surface area contributed by atoms with E-state index in [4.69, 9.17) is 15.0 Å². The zero-order chi connectivity index (χ0) is 15.7. The molecule has 118 valence electrons. The molecule has 22 heavy (non-hydrogen) atoms. The highest BCUT2D eigenvalue weighted by Crippen LogP contribution is 2.35. The quantitative estimate of drug-likeness (QED) is 0.938. The summed E-state index contributed by atoms with van der Waals surface area (Å²) in [7, 11) is 0. The lowest BCUT2D eigenvalue weighted by atomic mass is 9.99. The third-order valence-electron chi connectivity index (χ3n) is 3.93. The molecule has 1 aromatic heterocycles. The van der Waals surface area contributed by atoms with Crippen molar-refractivity contribution in [2.75, 3.05) is 0 Å². The smallest absolute Gasteiger partial charge is 0.267 e. The van der Waals surface area contributed by atoms with Gasteiger partial charge in [0.15, 0.2) is 23.6 Å². The molecule has 1 aromatic carbocycles. The molecule has 1 heterocycles. The summed E-state index contributed by atoms with van der Waals surface area (Å²) in [4.78, 5) is 4.30. The van der Waals surface area contributed by atoms with Gasteiger partial charge < -0.3 is 15.0 Å². The highest BCUT2D eigenvalue weighted by atomic mass is 19.2. The van der Waals surface area contributed by atoms with E-state index in [-0.39, 0.29) is 11.6 Å². The van der Waals surface area contributed by atoms with Gasteiger partial charge >= 0.3 is 0 Å². The fraction of sp³-hybridized carbons (Fsp3) is 0.467. The first-order chi connectivity index (χ1) is 10.5. The van der Waals surface area contributed by atoms with Crippen molar-refractivity contribution in [2.24, 2.45) is 5.73 Å². The van der Waals surface area contributed by atoms with Gasteiger partial charge in [0.2, 0.25) is 0 Å². The van der Waals surface area contributed by atoms with Crippen LogP contribution >= 0.6 is 0 Å². The lowest BCUT2D eigenvalue weighted by Crippen LogP contribution is -2.34. The van der Waals surface area contributed by atoms with Crippen LogP contribution in [0.2, 0.25) is 0 Å². The van der Waals surface area contributed by atoms with Crippen LogP contribution in [-0.2, 0) is 5.54 Å². The Morgan fingerprint density at radius 1 is 1.27 bits per heavy atom. The monoisotopic (exact) mass is 309 g/mol. The van der Waals surface area contributed by atoms with Gasteiger partial charge in [0.25, 0.3) is 5.89 Å². The topological polar surface area (TPSA) is 74.2 Å². The number of benzene rings is 1. The molecular formula is C15H17F2N3O2. The minimum Gasteiger partial charge on any atom is -0.481 e. The van der Waals surface area contributed by atoms with Gasteiger partial charge in [-0.25, -0.2) is 8.78 Å². The first-order valence-electron chi connectivity index (χ1n) is 7.23. The average Bonchev–Trinajstić information content (AvgIpc) is 3.12. The van der Waals surface area contributed by atoms with E-state index in [9.17, 15) is 8.78 Å². The molecule has 0 bridgehead atoms. The summed E-state index contributed by atoms with van der Waals surface area (Å²) in [6.07, 6.45) is 3.15. The van der Waals surface area contributed by atoms with Gasteiger partial charge in [-0.1, -0.05) is 18.0 Å². The first kappa shape index (κ1) is 14.9. The second-order valence-electron chi connectivity index (χ2n) is 5.66. The van der Waals surface area contributed by atoms with E-state index in [2.05, 4.69) is 10.1 Å². The van der Waals surface area contributed by atoms with Crippen LogP contribution < -0.4 is 10.5 Å². The molecule has 1 aliphatic carbocycles. The number of halogens is 2. The zero-order valence-corrected chi connectivity index (χ0v) is 12.2. The summed E-state index contributed by atoms with van der Waals surface area (Å²) < 4.78 is 36.8. The maximum Gasteiger partial charge on any atom is 0.267 e. The van der Waals surface area contributed by atoms with Gasteiger partial charge in [-0.15, -0.1) is 0 Å². The Morgan fingerprint density at radius 2 is 2.00 bits per heavy atom. The lowest BCUT2D eigenvalue weighted by molar-refractivity contribution is 0.174. The summed E-state index contributed by atoms with van der Waals surface area (Å²) >= 11 is 0. The van der Waals surface area contributed by atoms with Gasteiger partial charge in [-0.05, 0) is 31.9 Å². The van der Waals surface area contributed by atoms with E-state index >= 15 is 0 Å².